The van der Waals surface area contributed by atoms with Crippen molar-refractivity contribution in [1.29, 1.82) is 0 Å². The summed E-state index contributed by atoms with van der Waals surface area (Å²) in [4.78, 5) is 50.1. The Balaban J connectivity index is 0.000000159. The van der Waals surface area contributed by atoms with Gasteiger partial charge in [-0.3, -0.25) is 24.5 Å². The number of nitrogens with one attached hydrogen (secondary N) is 5. The van der Waals surface area contributed by atoms with Crippen molar-refractivity contribution in [2.45, 2.75) is 58.5 Å². The van der Waals surface area contributed by atoms with Gasteiger partial charge in [0.1, 0.15) is 0 Å². The molecule has 9 rings (SSSR count). The van der Waals surface area contributed by atoms with Crippen LogP contribution in [0.5, 0.6) is 0 Å². The van der Waals surface area contributed by atoms with Gasteiger partial charge in [0, 0.05) is 74.2 Å². The molecular weight excluding hydrogens is 1330 g/mol. The number of nitrogens with zero attached hydrogens (tertiary/aromatic N) is 2. The Bertz CT molecular complexity index is 3160. The topological polar surface area (TPSA) is 158 Å². The van der Waals surface area contributed by atoms with Crippen LogP contribution >= 0.6 is 95.3 Å². The van der Waals surface area contributed by atoms with Crippen molar-refractivity contribution in [2.75, 3.05) is 27.9 Å². The predicted molar refractivity (Wildman–Crippen MR) is 320 cm³/mol. The van der Waals surface area contributed by atoms with Crippen molar-refractivity contribution < 1.29 is 19.3 Å². The second kappa shape index (κ2) is 25.1. The molecule has 7 aromatic carbocycles. The van der Waals surface area contributed by atoms with Gasteiger partial charge in [0.25, 0.3) is 23.4 Å². The Morgan fingerprint density at radius 1 is 0.569 bits per heavy atom. The number of amides is 3. The minimum atomic E-state index is -0.492. The lowest BCUT2D eigenvalue weighted by molar-refractivity contribution is -0.384. The number of carbonyl (C=O) groups is 3. The highest BCUT2D eigenvalue weighted by molar-refractivity contribution is 14.1. The highest BCUT2D eigenvalue weighted by Gasteiger charge is 2.27. The van der Waals surface area contributed by atoms with E-state index < -0.39 is 4.92 Å². The van der Waals surface area contributed by atoms with Gasteiger partial charge in [-0.25, -0.2) is 0 Å². The predicted octanol–water partition coefficient (Wildman–Crippen LogP) is 15.4. The van der Waals surface area contributed by atoms with E-state index in [1.165, 1.54) is 19.3 Å². The molecule has 0 spiro atoms. The SMILES string of the molecule is Cc1cc(I)ccc1Nc1ccc(Br)cc1C(=O)NC1CC1.Cc1cc(I)ccc1Nc1ccc(Cl)cc1C(=O)N(C)c1ccccc1.Cc1cc(I)ccc1Nc1ccc([N+](=O)[O-])cc1C(=O)NC1CC1. The number of halogens is 5. The van der Waals surface area contributed by atoms with Gasteiger partial charge >= 0.3 is 0 Å². The van der Waals surface area contributed by atoms with Gasteiger partial charge in [0.15, 0.2) is 0 Å². The smallest absolute Gasteiger partial charge is 0.270 e. The third-order valence-electron chi connectivity index (χ3n) is 11.5. The first-order valence-electron chi connectivity index (χ1n) is 22.8. The van der Waals surface area contributed by atoms with Crippen LogP contribution in [0.25, 0.3) is 0 Å². The number of aryl methyl sites for hydroxylation is 3. The summed E-state index contributed by atoms with van der Waals surface area (Å²) in [5, 5.41) is 27.5. The average Bonchev–Trinajstić information content (AvgIpc) is 4.31. The van der Waals surface area contributed by atoms with E-state index in [0.717, 1.165) is 84.5 Å². The van der Waals surface area contributed by atoms with E-state index >= 15 is 0 Å². The summed E-state index contributed by atoms with van der Waals surface area (Å²) in [5.41, 5.74) is 10.5. The Labute approximate surface area is 473 Å². The lowest BCUT2D eigenvalue weighted by Gasteiger charge is -2.20. The van der Waals surface area contributed by atoms with Crippen molar-refractivity contribution in [2.24, 2.45) is 0 Å². The van der Waals surface area contributed by atoms with Gasteiger partial charge < -0.3 is 31.5 Å². The lowest BCUT2D eigenvalue weighted by Crippen LogP contribution is -2.26. The summed E-state index contributed by atoms with van der Waals surface area (Å²) < 4.78 is 4.38. The number of hydrogen-bond donors (Lipinski definition) is 5. The zero-order valence-corrected chi connectivity index (χ0v) is 48.4. The first-order valence-corrected chi connectivity index (χ1v) is 27.2. The Kier molecular flexibility index (Phi) is 19.0. The van der Waals surface area contributed by atoms with E-state index in [1.54, 1.807) is 30.1 Å². The molecule has 2 aliphatic rings. The van der Waals surface area contributed by atoms with Crippen LogP contribution in [0.2, 0.25) is 5.02 Å². The maximum absolute atomic E-state index is 13.1. The third-order valence-corrected chi connectivity index (χ3v) is 14.3. The maximum atomic E-state index is 13.1. The molecule has 12 nitrogen and oxygen atoms in total. The fourth-order valence-electron chi connectivity index (χ4n) is 7.23. The Morgan fingerprint density at radius 2 is 0.986 bits per heavy atom. The molecule has 0 atom stereocenters. The number of non-ortho nitro benzene ring substituents is 1. The molecule has 0 radical (unpaired) electrons. The van der Waals surface area contributed by atoms with Crippen molar-refractivity contribution >= 4 is 159 Å². The number of para-hydroxylation sites is 1. The highest BCUT2D eigenvalue weighted by Crippen LogP contribution is 2.32. The molecule has 0 bridgehead atoms. The minimum Gasteiger partial charge on any atom is -0.355 e. The lowest BCUT2D eigenvalue weighted by atomic mass is 10.1. The van der Waals surface area contributed by atoms with E-state index in [1.807, 2.05) is 105 Å². The van der Waals surface area contributed by atoms with Gasteiger partial charge in [0.05, 0.1) is 38.7 Å². The van der Waals surface area contributed by atoms with E-state index in [2.05, 4.69) is 135 Å². The van der Waals surface area contributed by atoms with Gasteiger partial charge in [-0.15, -0.1) is 0 Å². The Morgan fingerprint density at radius 3 is 1.43 bits per heavy atom. The number of benzene rings is 7. The van der Waals surface area contributed by atoms with Gasteiger partial charge in [0.2, 0.25) is 0 Å². The van der Waals surface area contributed by atoms with Crippen LogP contribution in [-0.2, 0) is 0 Å². The molecule has 2 fully saturated rings. The van der Waals surface area contributed by atoms with Gasteiger partial charge in [-0.1, -0.05) is 45.7 Å². The van der Waals surface area contributed by atoms with Gasteiger partial charge in [-0.05, 0) is 240 Å². The van der Waals surface area contributed by atoms with E-state index in [-0.39, 0.29) is 35.0 Å². The number of anilines is 7. The van der Waals surface area contributed by atoms with Crippen molar-refractivity contribution in [3.63, 3.8) is 0 Å². The normalized spacial score (nSPS) is 12.5. The molecule has 0 aliphatic heterocycles. The zero-order chi connectivity index (χ0) is 51.6. The fourth-order valence-corrected chi connectivity index (χ4v) is 9.70. The number of rotatable bonds is 13. The largest absolute Gasteiger partial charge is 0.355 e. The summed E-state index contributed by atoms with van der Waals surface area (Å²) >= 11 is 16.4. The summed E-state index contributed by atoms with van der Waals surface area (Å²) in [6, 6.07) is 43.7. The minimum absolute atomic E-state index is 0.0190. The van der Waals surface area contributed by atoms with Crippen LogP contribution in [0.3, 0.4) is 0 Å². The highest BCUT2D eigenvalue weighted by atomic mass is 127. The summed E-state index contributed by atoms with van der Waals surface area (Å²) in [5.74, 6) is -0.425. The molecule has 5 N–H and O–H groups in total. The third kappa shape index (κ3) is 15.4. The number of nitro benzene ring substituents is 1. The average molecular weight is 1390 g/mol. The molecule has 2 saturated carbocycles. The maximum Gasteiger partial charge on any atom is 0.270 e. The van der Waals surface area contributed by atoms with Crippen LogP contribution in [0.15, 0.2) is 144 Å². The number of carbonyl (C=O) groups excluding carboxylic acids is 3. The molecule has 2 aliphatic carbocycles. The Hall–Kier alpha value is -5.29. The molecule has 0 unspecified atom stereocenters. The molecule has 17 heteroatoms. The van der Waals surface area contributed by atoms with Crippen LogP contribution in [0, 0.1) is 41.6 Å². The molecule has 72 heavy (non-hydrogen) atoms. The molecule has 370 valence electrons. The van der Waals surface area contributed by atoms with Crippen LogP contribution in [-0.4, -0.2) is 41.8 Å². The monoisotopic (exact) mass is 1380 g/mol. The standard InChI is InChI=1S/C21H18ClIN2O.C17H16BrIN2O.C17H16IN3O3/c1-14-12-16(23)9-11-19(14)24-20-10-8-15(22)13-18(20)21(26)25(2)17-6-4-3-5-7-17;1-10-8-12(19)3-7-15(10)21-16-6-2-11(18)9-14(16)17(22)20-13-4-5-13;1-10-8-11(18)2-6-15(10)20-16-7-5-13(21(23)24)9-14(16)17(22)19-12-3-4-12/h3-13,24H,1-2H3;2-3,6-9,13,21H,4-5H2,1H3,(H,20,22);2,5-9,12,20H,3-4H2,1H3,(H,19,22). The van der Waals surface area contributed by atoms with Crippen molar-refractivity contribution in [3.8, 4) is 0 Å². The summed E-state index contributed by atoms with van der Waals surface area (Å²) in [6.07, 6.45) is 4.08. The summed E-state index contributed by atoms with van der Waals surface area (Å²) in [6.45, 7) is 6.07. The number of nitro groups is 1. The van der Waals surface area contributed by atoms with Gasteiger partial charge in [-0.2, -0.15) is 0 Å². The number of hydrogen-bond acceptors (Lipinski definition) is 8. The van der Waals surface area contributed by atoms with Crippen LogP contribution in [0.1, 0.15) is 73.4 Å². The first-order chi connectivity index (χ1) is 34.4. The van der Waals surface area contributed by atoms with Crippen molar-refractivity contribution in [3.05, 3.63) is 203 Å². The van der Waals surface area contributed by atoms with E-state index in [0.29, 0.717) is 27.9 Å². The van der Waals surface area contributed by atoms with E-state index in [4.69, 9.17) is 11.6 Å². The molecule has 0 heterocycles. The second-order valence-corrected chi connectivity index (χ2v) is 22.4. The second-order valence-electron chi connectivity index (χ2n) is 17.3. The molecular formula is C55H50BrClI3N7O5. The van der Waals surface area contributed by atoms with Crippen LogP contribution < -0.4 is 31.5 Å². The van der Waals surface area contributed by atoms with E-state index in [9.17, 15) is 24.5 Å². The zero-order valence-electron chi connectivity index (χ0n) is 39.6. The summed E-state index contributed by atoms with van der Waals surface area (Å²) in [7, 11) is 1.76. The molecule has 0 saturated heterocycles. The fraction of sp³-hybridized carbons (Fsp3) is 0.182. The molecule has 3 amide bonds. The first kappa shape index (κ1) is 54.5. The molecule has 0 aromatic heterocycles. The quantitative estimate of drug-likeness (QED) is 0.0434. The van der Waals surface area contributed by atoms with Crippen LogP contribution in [0.4, 0.5) is 45.5 Å². The molecule has 7 aromatic rings. The van der Waals surface area contributed by atoms with Crippen molar-refractivity contribution in [1.82, 2.24) is 10.6 Å².